The monoisotopic (exact) mass is 497 g/mol. The Kier molecular flexibility index (Phi) is 8.52. The highest BCUT2D eigenvalue weighted by Gasteiger charge is 2.29. The second kappa shape index (κ2) is 12.2. The Hall–Kier alpha value is -4.19. The van der Waals surface area contributed by atoms with E-state index in [0.29, 0.717) is 6.42 Å². The predicted octanol–water partition coefficient (Wildman–Crippen LogP) is 5.13. The summed E-state index contributed by atoms with van der Waals surface area (Å²) in [7, 11) is 0. The summed E-state index contributed by atoms with van der Waals surface area (Å²) in [6, 6.07) is 24.6. The fourth-order valence-corrected chi connectivity index (χ4v) is 4.65. The molecule has 6 nitrogen and oxygen atoms in total. The number of amides is 1. The summed E-state index contributed by atoms with van der Waals surface area (Å²) < 4.78 is 5.68. The molecule has 0 radical (unpaired) electrons. The molecule has 0 aromatic heterocycles. The Morgan fingerprint density at radius 1 is 0.919 bits per heavy atom. The molecule has 6 heteroatoms. The van der Waals surface area contributed by atoms with E-state index in [1.54, 1.807) is 19.1 Å². The number of carboxylic acid groups (broad SMARTS) is 1. The zero-order chi connectivity index (χ0) is 26.2. The van der Waals surface area contributed by atoms with E-state index in [2.05, 4.69) is 29.6 Å². The minimum atomic E-state index is -1.07. The van der Waals surface area contributed by atoms with Gasteiger partial charge in [0.1, 0.15) is 12.6 Å². The maximum Gasteiger partial charge on any atom is 0.326 e. The van der Waals surface area contributed by atoms with Gasteiger partial charge in [0.25, 0.3) is 0 Å². The first-order valence-electron chi connectivity index (χ1n) is 12.5. The standard InChI is InChI=1S/C31H31NO5/c1-21(11-5-10-18-29(33)32-28(30(34)35)19-22-12-3-2-4-13-22)31(36)37-20-27-25-16-8-6-14-23(25)24-15-7-9-17-26(24)27/h2-9,11-17,21,27-28H,10,18-20H2,1H3,(H,32,33)(H,34,35)/b11-5+/t21-,28?/m1/s1. The molecule has 1 aliphatic rings. The molecular formula is C31H31NO5. The van der Waals surface area contributed by atoms with Crippen molar-refractivity contribution in [2.75, 3.05) is 6.61 Å². The first-order chi connectivity index (χ1) is 17.9. The topological polar surface area (TPSA) is 92.7 Å². The highest BCUT2D eigenvalue weighted by molar-refractivity contribution is 5.84. The Bertz CT molecular complexity index is 1240. The predicted molar refractivity (Wildman–Crippen MR) is 142 cm³/mol. The number of aliphatic carboxylic acids is 1. The van der Waals surface area contributed by atoms with E-state index in [9.17, 15) is 19.5 Å². The van der Waals surface area contributed by atoms with Crippen LogP contribution in [0.1, 0.15) is 42.4 Å². The number of carbonyl (C=O) groups is 3. The molecular weight excluding hydrogens is 466 g/mol. The van der Waals surface area contributed by atoms with Crippen LogP contribution in [0, 0.1) is 5.92 Å². The molecule has 1 amide bonds. The third kappa shape index (κ3) is 6.53. The number of carboxylic acids is 1. The molecule has 0 fully saturated rings. The van der Waals surface area contributed by atoms with Crippen molar-refractivity contribution in [3.8, 4) is 11.1 Å². The van der Waals surface area contributed by atoms with Crippen LogP contribution in [0.15, 0.2) is 91.0 Å². The van der Waals surface area contributed by atoms with Gasteiger partial charge in [-0.25, -0.2) is 4.79 Å². The summed E-state index contributed by atoms with van der Waals surface area (Å²) >= 11 is 0. The SMILES string of the molecule is C[C@H](/C=C/CCC(=O)NC(Cc1ccccc1)C(=O)O)C(=O)OCC1c2ccccc2-c2ccccc21. The first-order valence-corrected chi connectivity index (χ1v) is 12.5. The van der Waals surface area contributed by atoms with Gasteiger partial charge in [-0.2, -0.15) is 0 Å². The van der Waals surface area contributed by atoms with Gasteiger partial charge in [-0.3, -0.25) is 9.59 Å². The molecule has 4 rings (SSSR count). The first kappa shape index (κ1) is 25.9. The fourth-order valence-electron chi connectivity index (χ4n) is 4.65. The lowest BCUT2D eigenvalue weighted by Gasteiger charge is -2.15. The lowest BCUT2D eigenvalue weighted by molar-refractivity contribution is -0.146. The normalized spacial score (nSPS) is 14.0. The average Bonchev–Trinajstić information content (AvgIpc) is 3.23. The third-order valence-corrected chi connectivity index (χ3v) is 6.61. The van der Waals surface area contributed by atoms with Crippen LogP contribution in [0.5, 0.6) is 0 Å². The van der Waals surface area contributed by atoms with Crippen molar-refractivity contribution >= 4 is 17.8 Å². The van der Waals surface area contributed by atoms with Gasteiger partial charge in [0.15, 0.2) is 0 Å². The number of esters is 1. The highest BCUT2D eigenvalue weighted by atomic mass is 16.5. The van der Waals surface area contributed by atoms with Gasteiger partial charge < -0.3 is 15.2 Å². The van der Waals surface area contributed by atoms with Crippen molar-refractivity contribution in [2.24, 2.45) is 5.92 Å². The molecule has 1 aliphatic carbocycles. The average molecular weight is 498 g/mol. The van der Waals surface area contributed by atoms with Crippen LogP contribution in [0.3, 0.4) is 0 Å². The number of rotatable bonds is 11. The number of fused-ring (bicyclic) bond motifs is 3. The molecule has 190 valence electrons. The van der Waals surface area contributed by atoms with Crippen molar-refractivity contribution in [2.45, 2.75) is 38.1 Å². The minimum absolute atomic E-state index is 0.00860. The van der Waals surface area contributed by atoms with Crippen LogP contribution in [0.2, 0.25) is 0 Å². The zero-order valence-electron chi connectivity index (χ0n) is 20.8. The number of benzene rings is 3. The largest absolute Gasteiger partial charge is 0.480 e. The molecule has 0 saturated carbocycles. The van der Waals surface area contributed by atoms with Crippen LogP contribution < -0.4 is 5.32 Å². The molecule has 2 atom stereocenters. The van der Waals surface area contributed by atoms with Gasteiger partial charge in [-0.1, -0.05) is 91.0 Å². The summed E-state index contributed by atoms with van der Waals surface area (Å²) in [5.41, 5.74) is 5.53. The number of hydrogen-bond acceptors (Lipinski definition) is 4. The van der Waals surface area contributed by atoms with Crippen LogP contribution in [0.4, 0.5) is 0 Å². The Balaban J connectivity index is 1.24. The van der Waals surface area contributed by atoms with Gasteiger partial charge in [-0.05, 0) is 41.2 Å². The summed E-state index contributed by atoms with van der Waals surface area (Å²) in [4.78, 5) is 36.5. The lowest BCUT2D eigenvalue weighted by Crippen LogP contribution is -2.42. The number of ether oxygens (including phenoxy) is 1. The molecule has 0 spiro atoms. The molecule has 3 aromatic rings. The number of nitrogens with one attached hydrogen (secondary N) is 1. The summed E-state index contributed by atoms with van der Waals surface area (Å²) in [5.74, 6) is -2.19. The molecule has 0 aliphatic heterocycles. The smallest absolute Gasteiger partial charge is 0.326 e. The van der Waals surface area contributed by atoms with E-state index in [1.807, 2.05) is 54.6 Å². The molecule has 3 aromatic carbocycles. The summed E-state index contributed by atoms with van der Waals surface area (Å²) in [6.45, 7) is 2.03. The van der Waals surface area contributed by atoms with Crippen molar-refractivity contribution in [1.82, 2.24) is 5.32 Å². The van der Waals surface area contributed by atoms with Gasteiger partial charge in [0, 0.05) is 18.8 Å². The lowest BCUT2D eigenvalue weighted by atomic mass is 9.98. The van der Waals surface area contributed by atoms with Crippen LogP contribution in [-0.2, 0) is 25.5 Å². The fraction of sp³-hybridized carbons (Fsp3) is 0.258. The van der Waals surface area contributed by atoms with E-state index in [4.69, 9.17) is 4.74 Å². The van der Waals surface area contributed by atoms with E-state index >= 15 is 0 Å². The highest BCUT2D eigenvalue weighted by Crippen LogP contribution is 2.44. The van der Waals surface area contributed by atoms with Crippen molar-refractivity contribution in [1.29, 1.82) is 0 Å². The van der Waals surface area contributed by atoms with E-state index < -0.39 is 17.9 Å². The Morgan fingerprint density at radius 3 is 2.14 bits per heavy atom. The van der Waals surface area contributed by atoms with Crippen molar-refractivity contribution in [3.63, 3.8) is 0 Å². The number of hydrogen-bond donors (Lipinski definition) is 2. The van der Waals surface area contributed by atoms with Crippen LogP contribution in [-0.4, -0.2) is 35.6 Å². The van der Waals surface area contributed by atoms with Crippen molar-refractivity contribution in [3.05, 3.63) is 108 Å². The molecule has 1 unspecified atom stereocenters. The number of carbonyl (C=O) groups excluding carboxylic acids is 2. The Morgan fingerprint density at radius 2 is 1.51 bits per heavy atom. The second-order valence-corrected chi connectivity index (χ2v) is 9.26. The van der Waals surface area contributed by atoms with Crippen molar-refractivity contribution < 1.29 is 24.2 Å². The van der Waals surface area contributed by atoms with E-state index in [1.165, 1.54) is 11.1 Å². The van der Waals surface area contributed by atoms with Gasteiger partial charge in [0.2, 0.25) is 5.91 Å². The Labute approximate surface area is 217 Å². The second-order valence-electron chi connectivity index (χ2n) is 9.26. The molecule has 37 heavy (non-hydrogen) atoms. The van der Waals surface area contributed by atoms with Gasteiger partial charge in [0.05, 0.1) is 5.92 Å². The number of allylic oxidation sites excluding steroid dienone is 1. The summed E-state index contributed by atoms with van der Waals surface area (Å²) in [5, 5.41) is 12.0. The molecule has 2 N–H and O–H groups in total. The van der Waals surface area contributed by atoms with Gasteiger partial charge >= 0.3 is 11.9 Å². The molecule has 0 saturated heterocycles. The van der Waals surface area contributed by atoms with E-state index in [-0.39, 0.29) is 37.2 Å². The van der Waals surface area contributed by atoms with Gasteiger partial charge in [-0.15, -0.1) is 0 Å². The zero-order valence-corrected chi connectivity index (χ0v) is 20.8. The quantitative estimate of drug-likeness (QED) is 0.283. The maximum atomic E-state index is 12.6. The molecule has 0 heterocycles. The third-order valence-electron chi connectivity index (χ3n) is 6.61. The van der Waals surface area contributed by atoms with E-state index in [0.717, 1.165) is 16.7 Å². The van der Waals surface area contributed by atoms with Crippen LogP contribution >= 0.6 is 0 Å². The van der Waals surface area contributed by atoms with Crippen LogP contribution in [0.25, 0.3) is 11.1 Å². The maximum absolute atomic E-state index is 12.6. The summed E-state index contributed by atoms with van der Waals surface area (Å²) in [6.07, 6.45) is 4.23. The molecule has 0 bridgehead atoms. The minimum Gasteiger partial charge on any atom is -0.480 e.